The van der Waals surface area contributed by atoms with Gasteiger partial charge in [-0.2, -0.15) is 0 Å². The first-order chi connectivity index (χ1) is 6.13. The number of hydrogen-bond donors (Lipinski definition) is 2. The van der Waals surface area contributed by atoms with Crippen LogP contribution in [-0.4, -0.2) is 42.3 Å². The Hall–Kier alpha value is -0.120. The molecule has 1 aliphatic rings. The highest BCUT2D eigenvalue weighted by atomic mass is 16.3. The van der Waals surface area contributed by atoms with Gasteiger partial charge in [0, 0.05) is 13.1 Å². The standard InChI is InChI=1S/C10H22N2O/c1-8(5-11)6-12-4-3-9(2)10(13)7-12/h8-10,13H,3-7,11H2,1-2H3. The monoisotopic (exact) mass is 186 g/mol. The fourth-order valence-electron chi connectivity index (χ4n) is 1.80. The molecule has 0 aromatic heterocycles. The number of aliphatic hydroxyl groups is 1. The van der Waals surface area contributed by atoms with Crippen LogP contribution in [0.1, 0.15) is 20.3 Å². The molecule has 0 amide bonds. The summed E-state index contributed by atoms with van der Waals surface area (Å²) >= 11 is 0. The minimum atomic E-state index is -0.140. The first kappa shape index (κ1) is 11.0. The summed E-state index contributed by atoms with van der Waals surface area (Å²) in [5, 5.41) is 9.66. The van der Waals surface area contributed by atoms with Gasteiger partial charge in [0.25, 0.3) is 0 Å². The molecule has 0 aromatic rings. The molecule has 1 fully saturated rings. The van der Waals surface area contributed by atoms with Crippen LogP contribution in [0.4, 0.5) is 0 Å². The van der Waals surface area contributed by atoms with Crippen LogP contribution in [-0.2, 0) is 0 Å². The number of rotatable bonds is 3. The molecule has 1 heterocycles. The second-order valence-corrected chi connectivity index (χ2v) is 4.43. The number of aliphatic hydroxyl groups excluding tert-OH is 1. The first-order valence-electron chi connectivity index (χ1n) is 5.24. The van der Waals surface area contributed by atoms with Crippen LogP contribution in [0.5, 0.6) is 0 Å². The zero-order valence-electron chi connectivity index (χ0n) is 8.74. The zero-order valence-corrected chi connectivity index (χ0v) is 8.74. The Balaban J connectivity index is 2.29. The molecule has 13 heavy (non-hydrogen) atoms. The van der Waals surface area contributed by atoms with Crippen molar-refractivity contribution in [1.29, 1.82) is 0 Å². The van der Waals surface area contributed by atoms with E-state index in [0.717, 1.165) is 32.6 Å². The Morgan fingerprint density at radius 3 is 2.85 bits per heavy atom. The van der Waals surface area contributed by atoms with E-state index in [2.05, 4.69) is 18.7 Å². The molecule has 3 unspecified atom stereocenters. The van der Waals surface area contributed by atoms with Crippen molar-refractivity contribution in [2.24, 2.45) is 17.6 Å². The third-order valence-electron chi connectivity index (χ3n) is 2.98. The summed E-state index contributed by atoms with van der Waals surface area (Å²) in [7, 11) is 0. The average Bonchev–Trinajstić information content (AvgIpc) is 2.11. The van der Waals surface area contributed by atoms with Gasteiger partial charge in [0.2, 0.25) is 0 Å². The van der Waals surface area contributed by atoms with Crippen molar-refractivity contribution < 1.29 is 5.11 Å². The molecule has 3 N–H and O–H groups in total. The van der Waals surface area contributed by atoms with Gasteiger partial charge in [0.15, 0.2) is 0 Å². The third-order valence-corrected chi connectivity index (χ3v) is 2.98. The lowest BCUT2D eigenvalue weighted by molar-refractivity contribution is 0.0243. The average molecular weight is 186 g/mol. The minimum Gasteiger partial charge on any atom is -0.392 e. The molecule has 0 bridgehead atoms. The van der Waals surface area contributed by atoms with Gasteiger partial charge in [-0.25, -0.2) is 0 Å². The van der Waals surface area contributed by atoms with E-state index < -0.39 is 0 Å². The van der Waals surface area contributed by atoms with Crippen LogP contribution in [0.3, 0.4) is 0 Å². The molecule has 1 aliphatic heterocycles. The Morgan fingerprint density at radius 2 is 2.31 bits per heavy atom. The van der Waals surface area contributed by atoms with Crippen LogP contribution in [0, 0.1) is 11.8 Å². The molecule has 0 aliphatic carbocycles. The SMILES string of the molecule is CC(CN)CN1CCC(C)C(O)C1. The Labute approximate surface area is 80.9 Å². The number of β-amino-alcohol motifs (C(OH)–C–C–N with tert-alkyl or cyclic N) is 1. The third kappa shape index (κ3) is 3.25. The molecule has 0 radical (unpaired) electrons. The predicted octanol–water partition coefficient (Wildman–Crippen LogP) is 0.284. The van der Waals surface area contributed by atoms with E-state index >= 15 is 0 Å². The Kier molecular flexibility index (Phi) is 4.16. The largest absolute Gasteiger partial charge is 0.392 e. The molecule has 0 spiro atoms. The molecule has 1 saturated heterocycles. The predicted molar refractivity (Wildman–Crippen MR) is 54.4 cm³/mol. The number of nitrogens with zero attached hydrogens (tertiary/aromatic N) is 1. The smallest absolute Gasteiger partial charge is 0.0693 e. The maximum Gasteiger partial charge on any atom is 0.0693 e. The molecule has 3 nitrogen and oxygen atoms in total. The maximum atomic E-state index is 9.66. The summed E-state index contributed by atoms with van der Waals surface area (Å²) in [5.41, 5.74) is 5.56. The lowest BCUT2D eigenvalue weighted by atomic mass is 9.95. The second-order valence-electron chi connectivity index (χ2n) is 4.43. The lowest BCUT2D eigenvalue weighted by Gasteiger charge is -2.35. The number of hydrogen-bond acceptors (Lipinski definition) is 3. The van der Waals surface area contributed by atoms with E-state index in [-0.39, 0.29) is 6.10 Å². The van der Waals surface area contributed by atoms with Crippen LogP contribution in [0.25, 0.3) is 0 Å². The van der Waals surface area contributed by atoms with E-state index in [1.54, 1.807) is 0 Å². The normalized spacial score (nSPS) is 33.2. The molecule has 78 valence electrons. The van der Waals surface area contributed by atoms with Crippen LogP contribution in [0.2, 0.25) is 0 Å². The van der Waals surface area contributed by atoms with Gasteiger partial charge in [-0.1, -0.05) is 13.8 Å². The van der Waals surface area contributed by atoms with Crippen molar-refractivity contribution in [2.45, 2.75) is 26.4 Å². The van der Waals surface area contributed by atoms with Crippen molar-refractivity contribution in [3.63, 3.8) is 0 Å². The lowest BCUT2D eigenvalue weighted by Crippen LogP contribution is -2.45. The minimum absolute atomic E-state index is 0.140. The highest BCUT2D eigenvalue weighted by molar-refractivity contribution is 4.78. The van der Waals surface area contributed by atoms with Gasteiger partial charge in [-0.3, -0.25) is 0 Å². The Bertz CT molecular complexity index is 150. The molecule has 1 rings (SSSR count). The number of likely N-dealkylation sites (tertiary alicyclic amines) is 1. The summed E-state index contributed by atoms with van der Waals surface area (Å²) in [6.07, 6.45) is 0.970. The summed E-state index contributed by atoms with van der Waals surface area (Å²) < 4.78 is 0. The van der Waals surface area contributed by atoms with Gasteiger partial charge in [-0.05, 0) is 31.3 Å². The molecule has 3 heteroatoms. The van der Waals surface area contributed by atoms with E-state index in [9.17, 15) is 5.11 Å². The second kappa shape index (κ2) is 4.94. The fourth-order valence-corrected chi connectivity index (χ4v) is 1.80. The van der Waals surface area contributed by atoms with Crippen LogP contribution < -0.4 is 5.73 Å². The molecular formula is C10H22N2O. The van der Waals surface area contributed by atoms with E-state index in [0.29, 0.717) is 11.8 Å². The number of piperidine rings is 1. The molecule has 3 atom stereocenters. The van der Waals surface area contributed by atoms with Crippen LogP contribution >= 0.6 is 0 Å². The van der Waals surface area contributed by atoms with Crippen molar-refractivity contribution in [3.8, 4) is 0 Å². The van der Waals surface area contributed by atoms with Crippen molar-refractivity contribution >= 4 is 0 Å². The molecule has 0 saturated carbocycles. The number of nitrogens with two attached hydrogens (primary N) is 1. The van der Waals surface area contributed by atoms with Gasteiger partial charge < -0.3 is 15.7 Å². The highest BCUT2D eigenvalue weighted by Crippen LogP contribution is 2.17. The van der Waals surface area contributed by atoms with Gasteiger partial charge in [0.05, 0.1) is 6.10 Å². The van der Waals surface area contributed by atoms with Crippen molar-refractivity contribution in [3.05, 3.63) is 0 Å². The fraction of sp³-hybridized carbons (Fsp3) is 1.00. The maximum absolute atomic E-state index is 9.66. The van der Waals surface area contributed by atoms with Gasteiger partial charge in [0.1, 0.15) is 0 Å². The Morgan fingerprint density at radius 1 is 1.62 bits per heavy atom. The van der Waals surface area contributed by atoms with E-state index in [4.69, 9.17) is 5.73 Å². The van der Waals surface area contributed by atoms with Gasteiger partial charge >= 0.3 is 0 Å². The van der Waals surface area contributed by atoms with Crippen molar-refractivity contribution in [2.75, 3.05) is 26.2 Å². The van der Waals surface area contributed by atoms with Crippen molar-refractivity contribution in [1.82, 2.24) is 4.90 Å². The van der Waals surface area contributed by atoms with E-state index in [1.165, 1.54) is 0 Å². The zero-order chi connectivity index (χ0) is 9.84. The first-order valence-corrected chi connectivity index (χ1v) is 5.24. The highest BCUT2D eigenvalue weighted by Gasteiger charge is 2.24. The summed E-state index contributed by atoms with van der Waals surface area (Å²) in [5.74, 6) is 1.00. The quantitative estimate of drug-likeness (QED) is 0.666. The summed E-state index contributed by atoms with van der Waals surface area (Å²) in [6.45, 7) is 7.98. The van der Waals surface area contributed by atoms with Gasteiger partial charge in [-0.15, -0.1) is 0 Å². The van der Waals surface area contributed by atoms with E-state index in [1.807, 2.05) is 0 Å². The van der Waals surface area contributed by atoms with Crippen LogP contribution in [0.15, 0.2) is 0 Å². The topological polar surface area (TPSA) is 49.5 Å². The summed E-state index contributed by atoms with van der Waals surface area (Å²) in [6, 6.07) is 0. The molecule has 0 aromatic carbocycles. The molecular weight excluding hydrogens is 164 g/mol. The summed E-state index contributed by atoms with van der Waals surface area (Å²) in [4.78, 5) is 2.32.